The Labute approximate surface area is 382 Å². The van der Waals surface area contributed by atoms with Crippen molar-refractivity contribution in [3.05, 3.63) is 246 Å². The monoisotopic (exact) mass is 840 g/mol. The number of nitrogens with two attached hydrogens (primary N) is 1. The van der Waals surface area contributed by atoms with E-state index in [9.17, 15) is 0 Å². The highest BCUT2D eigenvalue weighted by Crippen LogP contribution is 2.48. The van der Waals surface area contributed by atoms with Gasteiger partial charge in [0.15, 0.2) is 0 Å². The van der Waals surface area contributed by atoms with Gasteiger partial charge in [0, 0.05) is 45.3 Å². The normalized spacial score (nSPS) is 15.7. The lowest BCUT2D eigenvalue weighted by molar-refractivity contribution is 0.703. The number of para-hydroxylation sites is 2. The van der Waals surface area contributed by atoms with Crippen LogP contribution in [-0.2, 0) is 6.54 Å². The van der Waals surface area contributed by atoms with Gasteiger partial charge in [0.1, 0.15) is 0 Å². The quantitative estimate of drug-likeness (QED) is 0.170. The molecule has 4 nitrogen and oxygen atoms in total. The summed E-state index contributed by atoms with van der Waals surface area (Å²) in [5.74, 6) is 0.378. The van der Waals surface area contributed by atoms with Gasteiger partial charge in [-0.2, -0.15) is 0 Å². The summed E-state index contributed by atoms with van der Waals surface area (Å²) >= 11 is 0. The summed E-state index contributed by atoms with van der Waals surface area (Å²) in [5, 5.41) is 7.33. The Bertz CT molecular complexity index is 3430. The molecule has 0 radical (unpaired) electrons. The van der Waals surface area contributed by atoms with Gasteiger partial charge in [-0.1, -0.05) is 165 Å². The average molecular weight is 841 g/mol. The number of nitrogens with zero attached hydrogens (tertiary/aromatic N) is 3. The Balaban J connectivity index is 0.000000443. The minimum atomic E-state index is 0.378. The van der Waals surface area contributed by atoms with Crippen molar-refractivity contribution in [3.8, 4) is 5.69 Å². The minimum absolute atomic E-state index is 0.378. The molecule has 8 aromatic carbocycles. The lowest BCUT2D eigenvalue weighted by Crippen LogP contribution is -2.17. The molecule has 9 aromatic rings. The predicted molar refractivity (Wildman–Crippen MR) is 279 cm³/mol. The first-order chi connectivity index (χ1) is 31.9. The van der Waals surface area contributed by atoms with Gasteiger partial charge in [-0.3, -0.25) is 4.99 Å². The zero-order valence-corrected chi connectivity index (χ0v) is 37.2. The summed E-state index contributed by atoms with van der Waals surface area (Å²) in [6, 6.07) is 62.7. The van der Waals surface area contributed by atoms with Crippen LogP contribution >= 0.6 is 0 Å². The van der Waals surface area contributed by atoms with Gasteiger partial charge in [0.2, 0.25) is 0 Å². The number of aliphatic imine (C=N–C) groups is 1. The number of fused-ring (bicyclic) bond motifs is 7. The van der Waals surface area contributed by atoms with E-state index in [0.29, 0.717) is 12.5 Å². The summed E-state index contributed by atoms with van der Waals surface area (Å²) in [6.07, 6.45) is 12.0. The molecule has 1 aliphatic carbocycles. The van der Waals surface area contributed by atoms with Gasteiger partial charge in [0.25, 0.3) is 0 Å². The molecule has 1 aromatic heterocycles. The Morgan fingerprint density at radius 2 is 1.37 bits per heavy atom. The SMILES string of the molecule is C/C=C(/N)c1ccccc1.C=C1C2=C(C=CCC2C)/C=C\N(c2ccc3cc(CN=C(C)c4ccc5ccccc5c4)ccc3c2)c2c1ccc1c3ccccc3n(-c3ccccc3)c21. The van der Waals surface area contributed by atoms with E-state index in [1.54, 1.807) is 0 Å². The molecular formula is C61H52N4. The highest BCUT2D eigenvalue weighted by molar-refractivity contribution is 6.16. The van der Waals surface area contributed by atoms with Gasteiger partial charge in [0.05, 0.1) is 23.3 Å². The van der Waals surface area contributed by atoms with Crippen molar-refractivity contribution in [2.45, 2.75) is 33.7 Å². The van der Waals surface area contributed by atoms with E-state index >= 15 is 0 Å². The lowest BCUT2D eigenvalue weighted by Gasteiger charge is -2.32. The molecule has 0 amide bonds. The summed E-state index contributed by atoms with van der Waals surface area (Å²) in [5.41, 5.74) is 21.5. The van der Waals surface area contributed by atoms with E-state index < -0.39 is 0 Å². The largest absolute Gasteiger partial charge is 0.399 e. The number of benzene rings is 8. The summed E-state index contributed by atoms with van der Waals surface area (Å²) in [7, 11) is 0. The number of rotatable bonds is 6. The van der Waals surface area contributed by atoms with Crippen molar-refractivity contribution in [1.29, 1.82) is 0 Å². The van der Waals surface area contributed by atoms with Crippen LogP contribution < -0.4 is 10.6 Å². The number of hydrogen-bond donors (Lipinski definition) is 1. The molecule has 0 saturated heterocycles. The molecule has 65 heavy (non-hydrogen) atoms. The van der Waals surface area contributed by atoms with Crippen LogP contribution in [0.15, 0.2) is 229 Å². The predicted octanol–water partition coefficient (Wildman–Crippen LogP) is 15.7. The third kappa shape index (κ3) is 7.89. The van der Waals surface area contributed by atoms with Gasteiger partial charge < -0.3 is 15.2 Å². The van der Waals surface area contributed by atoms with Crippen LogP contribution in [-0.4, -0.2) is 10.3 Å². The topological polar surface area (TPSA) is 46.5 Å². The molecule has 316 valence electrons. The Morgan fingerprint density at radius 1 is 0.677 bits per heavy atom. The molecule has 1 aliphatic heterocycles. The van der Waals surface area contributed by atoms with Crippen LogP contribution in [0.1, 0.15) is 49.4 Å². The van der Waals surface area contributed by atoms with Crippen molar-refractivity contribution in [3.63, 3.8) is 0 Å². The van der Waals surface area contributed by atoms with Crippen molar-refractivity contribution in [1.82, 2.24) is 4.57 Å². The molecular weight excluding hydrogens is 789 g/mol. The van der Waals surface area contributed by atoms with Crippen LogP contribution in [0.5, 0.6) is 0 Å². The fourth-order valence-corrected chi connectivity index (χ4v) is 9.51. The maximum absolute atomic E-state index is 5.66. The molecule has 2 heterocycles. The summed E-state index contributed by atoms with van der Waals surface area (Å²) in [4.78, 5) is 7.41. The first-order valence-electron chi connectivity index (χ1n) is 22.6. The molecule has 1 unspecified atom stereocenters. The zero-order chi connectivity index (χ0) is 44.4. The molecule has 0 saturated carbocycles. The number of anilines is 2. The number of allylic oxidation sites excluding steroid dienone is 7. The van der Waals surface area contributed by atoms with Gasteiger partial charge >= 0.3 is 0 Å². The third-order valence-electron chi connectivity index (χ3n) is 13.0. The van der Waals surface area contributed by atoms with Crippen molar-refractivity contribution in [2.24, 2.45) is 16.6 Å². The van der Waals surface area contributed by atoms with Crippen LogP contribution in [0.3, 0.4) is 0 Å². The molecule has 2 N–H and O–H groups in total. The van der Waals surface area contributed by atoms with E-state index in [2.05, 4.69) is 193 Å². The van der Waals surface area contributed by atoms with Crippen molar-refractivity contribution >= 4 is 71.7 Å². The van der Waals surface area contributed by atoms with Crippen molar-refractivity contribution in [2.75, 3.05) is 4.90 Å². The summed E-state index contributed by atoms with van der Waals surface area (Å²) in [6.45, 7) is 11.8. The first-order valence-corrected chi connectivity index (χ1v) is 22.6. The molecule has 1 atom stereocenters. The second-order valence-corrected chi connectivity index (χ2v) is 17.1. The summed E-state index contributed by atoms with van der Waals surface area (Å²) < 4.78 is 2.44. The average Bonchev–Trinajstić information content (AvgIpc) is 3.69. The second-order valence-electron chi connectivity index (χ2n) is 17.1. The van der Waals surface area contributed by atoms with E-state index in [0.717, 1.165) is 57.2 Å². The van der Waals surface area contributed by atoms with Crippen LogP contribution in [0, 0.1) is 5.92 Å². The minimum Gasteiger partial charge on any atom is -0.399 e. The Hall–Kier alpha value is -7.95. The van der Waals surface area contributed by atoms with E-state index in [1.807, 2.05) is 43.3 Å². The fourth-order valence-electron chi connectivity index (χ4n) is 9.51. The Morgan fingerprint density at radius 3 is 2.18 bits per heavy atom. The Kier molecular flexibility index (Phi) is 11.2. The van der Waals surface area contributed by atoms with Crippen LogP contribution in [0.25, 0.3) is 60.3 Å². The third-order valence-corrected chi connectivity index (χ3v) is 13.0. The highest BCUT2D eigenvalue weighted by atomic mass is 15.1. The van der Waals surface area contributed by atoms with Gasteiger partial charge in [-0.25, -0.2) is 0 Å². The van der Waals surface area contributed by atoms with Gasteiger partial charge in [-0.15, -0.1) is 0 Å². The fraction of sp³-hybridized carbons (Fsp3) is 0.0984. The number of aromatic nitrogens is 1. The van der Waals surface area contributed by atoms with E-state index in [-0.39, 0.29) is 0 Å². The molecule has 0 fully saturated rings. The van der Waals surface area contributed by atoms with Crippen molar-refractivity contribution < 1.29 is 0 Å². The smallest absolute Gasteiger partial charge is 0.0788 e. The second kappa shape index (κ2) is 17.7. The molecule has 4 heteroatoms. The molecule has 11 rings (SSSR count). The highest BCUT2D eigenvalue weighted by Gasteiger charge is 2.28. The zero-order valence-electron chi connectivity index (χ0n) is 37.2. The molecule has 0 bridgehead atoms. The molecule has 2 aliphatic rings. The number of hydrogen-bond acceptors (Lipinski definition) is 3. The maximum atomic E-state index is 5.66. The van der Waals surface area contributed by atoms with E-state index in [1.165, 1.54) is 60.1 Å². The molecule has 0 spiro atoms. The van der Waals surface area contributed by atoms with Crippen LogP contribution in [0.4, 0.5) is 11.4 Å². The van der Waals surface area contributed by atoms with Crippen LogP contribution in [0.2, 0.25) is 0 Å². The maximum Gasteiger partial charge on any atom is 0.0788 e. The standard InChI is InChI=1S/C52H41N3.C9H11N/c1-34-12-11-15-39-28-29-54(45-25-24-42-30-37(20-21-43(42)32-45)33-53-36(3)40-23-22-38-13-7-8-14-41(38)31-40)51-46(35(2)50(34)39)26-27-48-47-18-9-10-19-49(47)55(52(48)51)44-16-5-4-6-17-44;1-2-9(10)8-6-4-3-5-7-8/h4-11,13-32,34H,2,12,33H2,1,3H3;2-7H,10H2,1H3/b29-28-,53-36?;9-2+. The van der Waals surface area contributed by atoms with Gasteiger partial charge in [-0.05, 0) is 130 Å². The lowest BCUT2D eigenvalue weighted by atomic mass is 9.80. The first kappa shape index (κ1) is 41.1. The van der Waals surface area contributed by atoms with E-state index in [4.69, 9.17) is 17.3 Å².